The number of nitrogens with zero attached hydrogens (tertiary/aromatic N) is 1. The number of aromatic nitrogens is 1. The maximum atomic E-state index is 12.1. The Morgan fingerprint density at radius 3 is 2.33 bits per heavy atom. The monoisotopic (exact) mass is 237 g/mol. The molecule has 0 radical (unpaired) electrons. The van der Waals surface area contributed by atoms with Crippen molar-refractivity contribution in [3.05, 3.63) is 71.1 Å². The van der Waals surface area contributed by atoms with Gasteiger partial charge in [0.05, 0.1) is 0 Å². The molecule has 2 aromatic carbocycles. The fourth-order valence-corrected chi connectivity index (χ4v) is 2.03. The van der Waals surface area contributed by atoms with E-state index in [1.54, 1.807) is 18.3 Å². The Morgan fingerprint density at radius 2 is 1.56 bits per heavy atom. The van der Waals surface area contributed by atoms with Crippen molar-refractivity contribution >= 4 is 10.8 Å². The fraction of sp³-hybridized carbons (Fsp3) is 0. The van der Waals surface area contributed by atoms with Crippen LogP contribution in [0.3, 0.4) is 0 Å². The molecule has 88 valence electrons. The molecular formula is C15H11NO2. The molecule has 0 fully saturated rings. The van der Waals surface area contributed by atoms with Crippen molar-refractivity contribution in [3.8, 4) is 11.4 Å². The summed E-state index contributed by atoms with van der Waals surface area (Å²) < 4.78 is 1.46. The molecule has 0 saturated carbocycles. The predicted octanol–water partition coefficient (Wildman–Crippen LogP) is 2.70. The molecule has 3 rings (SSSR count). The molecule has 0 aliphatic heterocycles. The number of rotatable bonds is 1. The minimum Gasteiger partial charge on any atom is -0.503 e. The van der Waals surface area contributed by atoms with Crippen molar-refractivity contribution in [2.45, 2.75) is 0 Å². The van der Waals surface area contributed by atoms with E-state index in [1.165, 1.54) is 4.57 Å². The van der Waals surface area contributed by atoms with Crippen LogP contribution >= 0.6 is 0 Å². The summed E-state index contributed by atoms with van der Waals surface area (Å²) in [6.45, 7) is 0. The van der Waals surface area contributed by atoms with E-state index in [0.717, 1.165) is 11.1 Å². The van der Waals surface area contributed by atoms with Crippen LogP contribution in [0.5, 0.6) is 5.75 Å². The van der Waals surface area contributed by atoms with Gasteiger partial charge >= 0.3 is 0 Å². The van der Waals surface area contributed by atoms with Gasteiger partial charge in [0.2, 0.25) is 0 Å². The van der Waals surface area contributed by atoms with Crippen molar-refractivity contribution in [2.75, 3.05) is 0 Å². The third kappa shape index (κ3) is 1.57. The second-order valence-electron chi connectivity index (χ2n) is 4.08. The molecule has 3 aromatic rings. The number of aromatic hydroxyl groups is 1. The smallest absolute Gasteiger partial charge is 0.297 e. The van der Waals surface area contributed by atoms with Gasteiger partial charge in [0, 0.05) is 22.7 Å². The zero-order valence-corrected chi connectivity index (χ0v) is 9.58. The van der Waals surface area contributed by atoms with E-state index in [9.17, 15) is 9.90 Å². The molecule has 0 aliphatic rings. The van der Waals surface area contributed by atoms with E-state index in [4.69, 9.17) is 0 Å². The number of pyridine rings is 1. The minimum atomic E-state index is -0.403. The van der Waals surface area contributed by atoms with E-state index >= 15 is 0 Å². The lowest BCUT2D eigenvalue weighted by Gasteiger charge is -2.08. The van der Waals surface area contributed by atoms with E-state index in [-0.39, 0.29) is 5.75 Å². The summed E-state index contributed by atoms with van der Waals surface area (Å²) >= 11 is 0. The third-order valence-corrected chi connectivity index (χ3v) is 2.94. The van der Waals surface area contributed by atoms with Gasteiger partial charge < -0.3 is 5.11 Å². The first-order chi connectivity index (χ1) is 8.77. The van der Waals surface area contributed by atoms with Gasteiger partial charge in [0.15, 0.2) is 5.75 Å². The Balaban J connectivity index is 2.38. The maximum absolute atomic E-state index is 12.1. The van der Waals surface area contributed by atoms with Crippen molar-refractivity contribution < 1.29 is 5.11 Å². The number of benzene rings is 2. The van der Waals surface area contributed by atoms with E-state index < -0.39 is 5.56 Å². The van der Waals surface area contributed by atoms with Gasteiger partial charge in [-0.1, -0.05) is 42.5 Å². The van der Waals surface area contributed by atoms with Crippen LogP contribution in [0.25, 0.3) is 16.5 Å². The van der Waals surface area contributed by atoms with Gasteiger partial charge in [-0.2, -0.15) is 0 Å². The molecule has 1 aromatic heterocycles. The SMILES string of the molecule is O=c1c(O)c2ccccc2cn1-c1ccccc1. The highest BCUT2D eigenvalue weighted by Gasteiger charge is 2.08. The molecule has 1 heterocycles. The highest BCUT2D eigenvalue weighted by Crippen LogP contribution is 2.21. The Hall–Kier alpha value is -2.55. The van der Waals surface area contributed by atoms with Crippen LogP contribution in [-0.2, 0) is 0 Å². The maximum Gasteiger partial charge on any atom is 0.297 e. The summed E-state index contributed by atoms with van der Waals surface area (Å²) in [6, 6.07) is 16.5. The second-order valence-corrected chi connectivity index (χ2v) is 4.08. The summed E-state index contributed by atoms with van der Waals surface area (Å²) in [7, 11) is 0. The van der Waals surface area contributed by atoms with Crippen LogP contribution in [0, 0.1) is 0 Å². The van der Waals surface area contributed by atoms with E-state index in [2.05, 4.69) is 0 Å². The molecule has 0 atom stereocenters. The Kier molecular flexibility index (Phi) is 2.38. The van der Waals surface area contributed by atoms with Gasteiger partial charge in [-0.25, -0.2) is 0 Å². The lowest BCUT2D eigenvalue weighted by Crippen LogP contribution is -2.17. The standard InChI is InChI=1S/C15H11NO2/c17-14-13-9-5-4-6-11(13)10-16(15(14)18)12-7-2-1-3-8-12/h1-10,17H. The van der Waals surface area contributed by atoms with Crippen molar-refractivity contribution in [2.24, 2.45) is 0 Å². The first-order valence-corrected chi connectivity index (χ1v) is 5.66. The summed E-state index contributed by atoms with van der Waals surface area (Å²) in [5, 5.41) is 11.4. The molecule has 18 heavy (non-hydrogen) atoms. The highest BCUT2D eigenvalue weighted by molar-refractivity contribution is 5.87. The molecular weight excluding hydrogens is 226 g/mol. The Morgan fingerprint density at radius 1 is 0.889 bits per heavy atom. The first-order valence-electron chi connectivity index (χ1n) is 5.66. The molecule has 0 spiro atoms. The normalized spacial score (nSPS) is 10.7. The third-order valence-electron chi connectivity index (χ3n) is 2.94. The van der Waals surface area contributed by atoms with Crippen LogP contribution < -0.4 is 5.56 Å². The lowest BCUT2D eigenvalue weighted by atomic mass is 10.1. The molecule has 0 saturated heterocycles. The van der Waals surface area contributed by atoms with Crippen molar-refractivity contribution in [1.29, 1.82) is 0 Å². The number of hydrogen-bond donors (Lipinski definition) is 1. The molecule has 0 aliphatic carbocycles. The van der Waals surface area contributed by atoms with Crippen molar-refractivity contribution in [1.82, 2.24) is 4.57 Å². The summed E-state index contributed by atoms with van der Waals surface area (Å²) in [5.41, 5.74) is 0.337. The number of fused-ring (bicyclic) bond motifs is 1. The summed E-state index contributed by atoms with van der Waals surface area (Å²) in [5.74, 6) is -0.211. The van der Waals surface area contributed by atoms with Crippen LogP contribution in [0.4, 0.5) is 0 Å². The van der Waals surface area contributed by atoms with Gasteiger partial charge in [-0.05, 0) is 12.1 Å². The highest BCUT2D eigenvalue weighted by atomic mass is 16.3. The molecule has 0 amide bonds. The Bertz CT molecular complexity index is 760. The van der Waals surface area contributed by atoms with E-state index in [0.29, 0.717) is 5.39 Å². The average molecular weight is 237 g/mol. The molecule has 3 nitrogen and oxygen atoms in total. The Labute approximate surface area is 104 Å². The van der Waals surface area contributed by atoms with Gasteiger partial charge in [-0.3, -0.25) is 9.36 Å². The first kappa shape index (κ1) is 10.6. The average Bonchev–Trinajstić information content (AvgIpc) is 2.44. The van der Waals surface area contributed by atoms with Crippen LogP contribution in [0.15, 0.2) is 65.6 Å². The molecule has 3 heteroatoms. The van der Waals surface area contributed by atoms with Crippen LogP contribution in [0.1, 0.15) is 0 Å². The van der Waals surface area contributed by atoms with Gasteiger partial charge in [-0.15, -0.1) is 0 Å². The molecule has 1 N–H and O–H groups in total. The largest absolute Gasteiger partial charge is 0.503 e. The van der Waals surface area contributed by atoms with Crippen LogP contribution in [0.2, 0.25) is 0 Å². The molecule has 0 unspecified atom stereocenters. The zero-order chi connectivity index (χ0) is 12.5. The zero-order valence-electron chi connectivity index (χ0n) is 9.58. The topological polar surface area (TPSA) is 42.2 Å². The molecule has 0 bridgehead atoms. The van der Waals surface area contributed by atoms with E-state index in [1.807, 2.05) is 42.5 Å². The fourth-order valence-electron chi connectivity index (χ4n) is 2.03. The van der Waals surface area contributed by atoms with Crippen LogP contribution in [-0.4, -0.2) is 9.67 Å². The summed E-state index contributed by atoms with van der Waals surface area (Å²) in [6.07, 6.45) is 1.74. The van der Waals surface area contributed by atoms with Gasteiger partial charge in [0.25, 0.3) is 5.56 Å². The number of hydrogen-bond acceptors (Lipinski definition) is 2. The predicted molar refractivity (Wildman–Crippen MR) is 71.2 cm³/mol. The van der Waals surface area contributed by atoms with Crippen molar-refractivity contribution in [3.63, 3.8) is 0 Å². The quantitative estimate of drug-likeness (QED) is 0.707. The van der Waals surface area contributed by atoms with Gasteiger partial charge in [0.1, 0.15) is 0 Å². The lowest BCUT2D eigenvalue weighted by molar-refractivity contribution is 0.470. The number of para-hydroxylation sites is 1. The minimum absolute atomic E-state index is 0.211. The summed E-state index contributed by atoms with van der Waals surface area (Å²) in [4.78, 5) is 12.1. The second kappa shape index (κ2) is 4.04.